The van der Waals surface area contributed by atoms with E-state index in [1.807, 2.05) is 0 Å². The van der Waals surface area contributed by atoms with Gasteiger partial charge in [-0.3, -0.25) is 4.55 Å². The van der Waals surface area contributed by atoms with Gasteiger partial charge in [-0.15, -0.1) is 0 Å². The van der Waals surface area contributed by atoms with Crippen LogP contribution in [0.5, 0.6) is 0 Å². The Balaban J connectivity index is 0. The summed E-state index contributed by atoms with van der Waals surface area (Å²) in [6.45, 7) is 4.24. The SMILES string of the molecule is CCCCCCCCCCCCOS(=O)(=O)O.CCO. The van der Waals surface area contributed by atoms with E-state index in [1.54, 1.807) is 6.92 Å². The summed E-state index contributed by atoms with van der Waals surface area (Å²) in [5.74, 6) is 0. The van der Waals surface area contributed by atoms with Crippen LogP contribution in [0.4, 0.5) is 0 Å². The van der Waals surface area contributed by atoms with E-state index < -0.39 is 10.4 Å². The number of hydrogen-bond acceptors (Lipinski definition) is 4. The Labute approximate surface area is 124 Å². The zero-order valence-corrected chi connectivity index (χ0v) is 13.8. The number of rotatable bonds is 12. The highest BCUT2D eigenvalue weighted by molar-refractivity contribution is 7.80. The normalized spacial score (nSPS) is 11.0. The van der Waals surface area contributed by atoms with Crippen molar-refractivity contribution in [1.29, 1.82) is 0 Å². The van der Waals surface area contributed by atoms with E-state index in [2.05, 4.69) is 11.1 Å². The molecule has 0 fully saturated rings. The highest BCUT2D eigenvalue weighted by Gasteiger charge is 2.02. The average Bonchev–Trinajstić information content (AvgIpc) is 2.35. The lowest BCUT2D eigenvalue weighted by Crippen LogP contribution is -2.04. The summed E-state index contributed by atoms with van der Waals surface area (Å²) >= 11 is 0. The maximum absolute atomic E-state index is 10.2. The lowest BCUT2D eigenvalue weighted by molar-refractivity contribution is 0.261. The summed E-state index contributed by atoms with van der Waals surface area (Å²) in [5.41, 5.74) is 0. The lowest BCUT2D eigenvalue weighted by Gasteiger charge is -2.02. The van der Waals surface area contributed by atoms with E-state index >= 15 is 0 Å². The quantitative estimate of drug-likeness (QED) is 0.424. The molecule has 0 heterocycles. The molecule has 0 saturated carbocycles. The zero-order valence-electron chi connectivity index (χ0n) is 13.0. The molecule has 0 atom stereocenters. The van der Waals surface area contributed by atoms with Crippen LogP contribution in [0.1, 0.15) is 78.1 Å². The summed E-state index contributed by atoms with van der Waals surface area (Å²) in [6.07, 6.45) is 11.9. The molecule has 0 amide bonds. The van der Waals surface area contributed by atoms with Crippen molar-refractivity contribution in [2.45, 2.75) is 78.1 Å². The van der Waals surface area contributed by atoms with Gasteiger partial charge in [0.2, 0.25) is 0 Å². The van der Waals surface area contributed by atoms with Gasteiger partial charge in [0.05, 0.1) is 6.61 Å². The summed E-state index contributed by atoms with van der Waals surface area (Å²) in [4.78, 5) is 0. The fourth-order valence-corrected chi connectivity index (χ4v) is 2.08. The van der Waals surface area contributed by atoms with Crippen LogP contribution in [-0.2, 0) is 14.6 Å². The highest BCUT2D eigenvalue weighted by Crippen LogP contribution is 2.10. The third-order valence-corrected chi connectivity index (χ3v) is 3.19. The molecule has 0 aromatic heterocycles. The van der Waals surface area contributed by atoms with Gasteiger partial charge < -0.3 is 5.11 Å². The van der Waals surface area contributed by atoms with E-state index in [1.165, 1.54) is 44.9 Å². The Morgan fingerprint density at radius 1 is 0.800 bits per heavy atom. The Kier molecular flexibility index (Phi) is 18.7. The largest absolute Gasteiger partial charge is 0.397 e. The fourth-order valence-electron chi connectivity index (χ4n) is 1.75. The van der Waals surface area contributed by atoms with Crippen LogP contribution in [0.25, 0.3) is 0 Å². The van der Waals surface area contributed by atoms with Crippen molar-refractivity contribution in [3.05, 3.63) is 0 Å². The van der Waals surface area contributed by atoms with Crippen LogP contribution in [0.15, 0.2) is 0 Å². The standard InChI is InChI=1S/C12H26O4S.C2H6O/c1-2-3-4-5-6-7-8-9-10-11-12-16-17(13,14)15;1-2-3/h2-12H2,1H3,(H,13,14,15);3H,2H2,1H3. The first-order valence-electron chi connectivity index (χ1n) is 7.70. The van der Waals surface area contributed by atoms with Gasteiger partial charge in [-0.2, -0.15) is 8.42 Å². The minimum Gasteiger partial charge on any atom is -0.397 e. The first-order valence-corrected chi connectivity index (χ1v) is 9.07. The number of aliphatic hydroxyl groups is 1. The molecule has 2 N–H and O–H groups in total. The first kappa shape index (κ1) is 22.1. The molecule has 124 valence electrons. The number of aliphatic hydroxyl groups excluding tert-OH is 1. The average molecular weight is 312 g/mol. The molecule has 0 aliphatic heterocycles. The minimum atomic E-state index is -4.23. The molecule has 0 aliphatic carbocycles. The van der Waals surface area contributed by atoms with Crippen LogP contribution in [0, 0.1) is 0 Å². The summed E-state index contributed by atoms with van der Waals surface area (Å²) < 4.78 is 33.0. The Morgan fingerprint density at radius 2 is 1.15 bits per heavy atom. The van der Waals surface area contributed by atoms with E-state index in [0.29, 0.717) is 6.42 Å². The van der Waals surface area contributed by atoms with Gasteiger partial charge in [-0.25, -0.2) is 4.18 Å². The molecule has 5 nitrogen and oxygen atoms in total. The predicted molar refractivity (Wildman–Crippen MR) is 82.1 cm³/mol. The van der Waals surface area contributed by atoms with Crippen molar-refractivity contribution >= 4 is 10.4 Å². The van der Waals surface area contributed by atoms with Crippen molar-refractivity contribution in [3.8, 4) is 0 Å². The van der Waals surface area contributed by atoms with Gasteiger partial charge in [-0.05, 0) is 13.3 Å². The summed E-state index contributed by atoms with van der Waals surface area (Å²) in [7, 11) is -4.23. The molecule has 0 aromatic carbocycles. The second-order valence-electron chi connectivity index (χ2n) is 4.75. The molecule has 0 aromatic rings. The van der Waals surface area contributed by atoms with Crippen LogP contribution in [0.2, 0.25) is 0 Å². The van der Waals surface area contributed by atoms with Crippen molar-refractivity contribution in [2.24, 2.45) is 0 Å². The fraction of sp³-hybridized carbons (Fsp3) is 1.00. The van der Waals surface area contributed by atoms with Gasteiger partial charge in [0, 0.05) is 6.61 Å². The second-order valence-corrected chi connectivity index (χ2v) is 5.84. The van der Waals surface area contributed by atoms with Gasteiger partial charge in [-0.1, -0.05) is 64.7 Å². The Bertz CT molecular complexity index is 265. The van der Waals surface area contributed by atoms with E-state index in [-0.39, 0.29) is 13.2 Å². The summed E-state index contributed by atoms with van der Waals surface area (Å²) in [5, 5.41) is 7.57. The molecule has 0 saturated heterocycles. The molecule has 0 unspecified atom stereocenters. The van der Waals surface area contributed by atoms with E-state index in [0.717, 1.165) is 12.8 Å². The van der Waals surface area contributed by atoms with Crippen LogP contribution < -0.4 is 0 Å². The van der Waals surface area contributed by atoms with Gasteiger partial charge in [0.15, 0.2) is 0 Å². The molecule has 0 aliphatic rings. The maximum atomic E-state index is 10.2. The number of hydrogen-bond donors (Lipinski definition) is 2. The smallest absolute Gasteiger partial charge is 0.397 e. The van der Waals surface area contributed by atoms with Crippen molar-refractivity contribution < 1.29 is 22.3 Å². The van der Waals surface area contributed by atoms with Gasteiger partial charge in [0.1, 0.15) is 0 Å². The zero-order chi connectivity index (χ0) is 15.7. The lowest BCUT2D eigenvalue weighted by atomic mass is 10.1. The molecule has 0 rings (SSSR count). The molecule has 20 heavy (non-hydrogen) atoms. The minimum absolute atomic E-state index is 0.0926. The molecule has 0 bridgehead atoms. The molecule has 6 heteroatoms. The predicted octanol–water partition coefficient (Wildman–Crippen LogP) is 3.73. The van der Waals surface area contributed by atoms with Crippen molar-refractivity contribution in [3.63, 3.8) is 0 Å². The first-order chi connectivity index (χ1) is 9.47. The Morgan fingerprint density at radius 3 is 1.50 bits per heavy atom. The molecule has 0 radical (unpaired) electrons. The van der Waals surface area contributed by atoms with Crippen LogP contribution in [0.3, 0.4) is 0 Å². The van der Waals surface area contributed by atoms with Crippen molar-refractivity contribution in [2.75, 3.05) is 13.2 Å². The third-order valence-electron chi connectivity index (χ3n) is 2.73. The topological polar surface area (TPSA) is 83.8 Å². The molecule has 0 spiro atoms. The monoisotopic (exact) mass is 312 g/mol. The van der Waals surface area contributed by atoms with Gasteiger partial charge in [0.25, 0.3) is 0 Å². The Hall–Kier alpha value is -0.170. The summed E-state index contributed by atoms with van der Waals surface area (Å²) in [6, 6.07) is 0. The highest BCUT2D eigenvalue weighted by atomic mass is 32.3. The number of unbranched alkanes of at least 4 members (excludes halogenated alkanes) is 9. The van der Waals surface area contributed by atoms with Gasteiger partial charge >= 0.3 is 10.4 Å². The van der Waals surface area contributed by atoms with Crippen molar-refractivity contribution in [1.82, 2.24) is 0 Å². The molecular weight excluding hydrogens is 280 g/mol. The maximum Gasteiger partial charge on any atom is 0.397 e. The van der Waals surface area contributed by atoms with E-state index in [9.17, 15) is 8.42 Å². The third kappa shape index (κ3) is 26.4. The van der Waals surface area contributed by atoms with Crippen LogP contribution >= 0.6 is 0 Å². The van der Waals surface area contributed by atoms with Crippen LogP contribution in [-0.4, -0.2) is 31.3 Å². The second kappa shape index (κ2) is 16.9. The van der Waals surface area contributed by atoms with E-state index in [4.69, 9.17) is 9.66 Å². The molecular formula is C14H32O5S.